The molecule has 2 aromatic carbocycles. The fraction of sp³-hybridized carbons (Fsp3) is 0.250. The van der Waals surface area contributed by atoms with E-state index in [2.05, 4.69) is 52.4 Å². The number of rotatable bonds is 4. The van der Waals surface area contributed by atoms with Gasteiger partial charge in [0.1, 0.15) is 0 Å². The molecule has 0 aromatic heterocycles. The monoisotopic (exact) mass is 337 g/mol. The fourth-order valence-electron chi connectivity index (χ4n) is 2.22. The summed E-state index contributed by atoms with van der Waals surface area (Å²) in [5, 5.41) is 4.13. The third-order valence-electron chi connectivity index (χ3n) is 3.20. The lowest BCUT2D eigenvalue weighted by atomic mass is 9.98. The lowest BCUT2D eigenvalue weighted by molar-refractivity contribution is 0.589. The molecule has 1 unspecified atom stereocenters. The van der Waals surface area contributed by atoms with Crippen LogP contribution in [-0.2, 0) is 6.42 Å². The molecule has 0 aliphatic heterocycles. The minimum atomic E-state index is 0.245. The van der Waals surface area contributed by atoms with Gasteiger partial charge in [0.05, 0.1) is 0 Å². The molecule has 0 aliphatic carbocycles. The number of hydrogen-bond acceptors (Lipinski definition) is 1. The summed E-state index contributed by atoms with van der Waals surface area (Å²) in [5.41, 5.74) is 3.81. The normalized spacial score (nSPS) is 12.4. The van der Waals surface area contributed by atoms with Gasteiger partial charge in [-0.05, 0) is 49.7 Å². The summed E-state index contributed by atoms with van der Waals surface area (Å²) >= 11 is 9.70. The molecule has 0 amide bonds. The van der Waals surface area contributed by atoms with Gasteiger partial charge >= 0.3 is 0 Å². The topological polar surface area (TPSA) is 12.0 Å². The van der Waals surface area contributed by atoms with E-state index in [1.54, 1.807) is 0 Å². The Morgan fingerprint density at radius 2 is 2.00 bits per heavy atom. The molecule has 100 valence electrons. The molecule has 0 heterocycles. The standard InChI is InChI=1S/C16H17BrClN/c1-11-4-3-5-12(8-11)9-16(19-2)14-10-13(18)6-7-15(14)17/h3-8,10,16,19H,9H2,1-2H3. The van der Waals surface area contributed by atoms with Crippen LogP contribution in [0.25, 0.3) is 0 Å². The zero-order valence-electron chi connectivity index (χ0n) is 11.1. The van der Waals surface area contributed by atoms with E-state index in [0.717, 1.165) is 15.9 Å². The van der Waals surface area contributed by atoms with Crippen molar-refractivity contribution in [2.45, 2.75) is 19.4 Å². The van der Waals surface area contributed by atoms with Crippen molar-refractivity contribution in [2.75, 3.05) is 7.05 Å². The third-order valence-corrected chi connectivity index (χ3v) is 4.16. The van der Waals surface area contributed by atoms with Crippen molar-refractivity contribution in [1.82, 2.24) is 5.32 Å². The van der Waals surface area contributed by atoms with E-state index in [-0.39, 0.29) is 6.04 Å². The molecule has 19 heavy (non-hydrogen) atoms. The zero-order chi connectivity index (χ0) is 13.8. The molecule has 0 saturated heterocycles. The number of halogens is 2. The Labute approximate surface area is 128 Å². The second-order valence-electron chi connectivity index (χ2n) is 4.70. The number of nitrogens with one attached hydrogen (secondary N) is 1. The van der Waals surface area contributed by atoms with Crippen molar-refractivity contribution in [2.24, 2.45) is 0 Å². The van der Waals surface area contributed by atoms with Crippen LogP contribution in [0.4, 0.5) is 0 Å². The van der Waals surface area contributed by atoms with Crippen LogP contribution >= 0.6 is 27.5 Å². The average Bonchev–Trinajstić information content (AvgIpc) is 2.39. The number of benzene rings is 2. The Kier molecular flexibility index (Phi) is 5.03. The maximum atomic E-state index is 6.10. The van der Waals surface area contributed by atoms with Crippen LogP contribution < -0.4 is 5.32 Å². The third kappa shape index (κ3) is 3.82. The van der Waals surface area contributed by atoms with Crippen molar-refractivity contribution in [3.05, 3.63) is 68.7 Å². The molecule has 0 fully saturated rings. The Morgan fingerprint density at radius 1 is 1.21 bits per heavy atom. The second-order valence-corrected chi connectivity index (χ2v) is 5.99. The molecule has 3 heteroatoms. The van der Waals surface area contributed by atoms with E-state index in [0.29, 0.717) is 0 Å². The molecule has 0 aliphatic rings. The van der Waals surface area contributed by atoms with E-state index in [9.17, 15) is 0 Å². The number of aryl methyl sites for hydroxylation is 1. The van der Waals surface area contributed by atoms with Gasteiger partial charge in [0.25, 0.3) is 0 Å². The fourth-order valence-corrected chi connectivity index (χ4v) is 2.93. The highest BCUT2D eigenvalue weighted by atomic mass is 79.9. The molecule has 0 bridgehead atoms. The van der Waals surface area contributed by atoms with Gasteiger partial charge in [-0.3, -0.25) is 0 Å². The van der Waals surface area contributed by atoms with Gasteiger partial charge < -0.3 is 5.32 Å². The van der Waals surface area contributed by atoms with E-state index >= 15 is 0 Å². The van der Waals surface area contributed by atoms with E-state index < -0.39 is 0 Å². The summed E-state index contributed by atoms with van der Waals surface area (Å²) in [7, 11) is 1.98. The minimum Gasteiger partial charge on any atom is -0.313 e. The smallest absolute Gasteiger partial charge is 0.0410 e. The average molecular weight is 339 g/mol. The number of likely N-dealkylation sites (N-methyl/N-ethyl adjacent to an activating group) is 1. The highest BCUT2D eigenvalue weighted by molar-refractivity contribution is 9.10. The molecule has 1 nitrogen and oxygen atoms in total. The largest absolute Gasteiger partial charge is 0.313 e. The van der Waals surface area contributed by atoms with Crippen LogP contribution in [0, 0.1) is 6.92 Å². The first kappa shape index (κ1) is 14.6. The molecule has 2 aromatic rings. The van der Waals surface area contributed by atoms with Crippen molar-refractivity contribution >= 4 is 27.5 Å². The van der Waals surface area contributed by atoms with Crippen LogP contribution in [0.5, 0.6) is 0 Å². The van der Waals surface area contributed by atoms with Crippen molar-refractivity contribution in [1.29, 1.82) is 0 Å². The van der Waals surface area contributed by atoms with Gasteiger partial charge in [0, 0.05) is 15.5 Å². The van der Waals surface area contributed by atoms with Crippen molar-refractivity contribution < 1.29 is 0 Å². The molecule has 0 saturated carbocycles. The first-order valence-corrected chi connectivity index (χ1v) is 7.45. The van der Waals surface area contributed by atoms with Gasteiger partial charge in [-0.25, -0.2) is 0 Å². The highest BCUT2D eigenvalue weighted by Gasteiger charge is 2.14. The first-order valence-electron chi connectivity index (χ1n) is 6.28. The molecule has 0 radical (unpaired) electrons. The molecule has 2 rings (SSSR count). The lowest BCUT2D eigenvalue weighted by Gasteiger charge is -2.19. The molecule has 1 atom stereocenters. The molecule has 0 spiro atoms. The molecule has 1 N–H and O–H groups in total. The summed E-state index contributed by atoms with van der Waals surface area (Å²) in [6, 6.07) is 14.8. The Hall–Kier alpha value is -0.830. The SMILES string of the molecule is CNC(Cc1cccc(C)c1)c1cc(Cl)ccc1Br. The first-order chi connectivity index (χ1) is 9.10. The molecular formula is C16H17BrClN. The maximum absolute atomic E-state index is 6.10. The van der Waals surface area contributed by atoms with Gasteiger partial charge in [-0.2, -0.15) is 0 Å². The van der Waals surface area contributed by atoms with Crippen molar-refractivity contribution in [3.63, 3.8) is 0 Å². The summed E-state index contributed by atoms with van der Waals surface area (Å²) < 4.78 is 1.09. The predicted molar refractivity (Wildman–Crippen MR) is 85.8 cm³/mol. The summed E-state index contributed by atoms with van der Waals surface area (Å²) in [6.07, 6.45) is 0.942. The van der Waals surface area contributed by atoms with Gasteiger partial charge in [0.2, 0.25) is 0 Å². The van der Waals surface area contributed by atoms with Crippen LogP contribution in [0.2, 0.25) is 5.02 Å². The summed E-state index contributed by atoms with van der Waals surface area (Å²) in [4.78, 5) is 0. The minimum absolute atomic E-state index is 0.245. The maximum Gasteiger partial charge on any atom is 0.0410 e. The van der Waals surface area contributed by atoms with Crippen LogP contribution in [0.3, 0.4) is 0 Å². The Bertz CT molecular complexity index is 568. The van der Waals surface area contributed by atoms with E-state index in [1.165, 1.54) is 16.7 Å². The highest BCUT2D eigenvalue weighted by Crippen LogP contribution is 2.28. The Balaban J connectivity index is 2.27. The lowest BCUT2D eigenvalue weighted by Crippen LogP contribution is -2.19. The summed E-state index contributed by atoms with van der Waals surface area (Å²) in [5.74, 6) is 0. The van der Waals surface area contributed by atoms with Gasteiger partial charge in [-0.15, -0.1) is 0 Å². The number of hydrogen-bond donors (Lipinski definition) is 1. The molecular weight excluding hydrogens is 322 g/mol. The predicted octanol–water partition coefficient (Wildman–Crippen LogP) is 4.91. The summed E-state index contributed by atoms with van der Waals surface area (Å²) in [6.45, 7) is 2.12. The van der Waals surface area contributed by atoms with Gasteiger partial charge in [0.15, 0.2) is 0 Å². The van der Waals surface area contributed by atoms with E-state index in [4.69, 9.17) is 11.6 Å². The zero-order valence-corrected chi connectivity index (χ0v) is 13.4. The van der Waals surface area contributed by atoms with Crippen LogP contribution in [0.1, 0.15) is 22.7 Å². The Morgan fingerprint density at radius 3 is 2.68 bits per heavy atom. The quantitative estimate of drug-likeness (QED) is 0.835. The van der Waals surface area contributed by atoms with Crippen LogP contribution in [0.15, 0.2) is 46.9 Å². The van der Waals surface area contributed by atoms with Crippen molar-refractivity contribution in [3.8, 4) is 0 Å². The van der Waals surface area contributed by atoms with Crippen LogP contribution in [-0.4, -0.2) is 7.05 Å². The second kappa shape index (κ2) is 6.56. The van der Waals surface area contributed by atoms with E-state index in [1.807, 2.05) is 25.2 Å². The van der Waals surface area contributed by atoms with Gasteiger partial charge in [-0.1, -0.05) is 57.4 Å².